The number of benzene rings is 1. The third-order valence-electron chi connectivity index (χ3n) is 2.43. The van der Waals surface area contributed by atoms with Crippen LogP contribution in [0.2, 0.25) is 5.02 Å². The lowest BCUT2D eigenvalue weighted by molar-refractivity contribution is -0.122. The first kappa shape index (κ1) is 14.4. The summed E-state index contributed by atoms with van der Waals surface area (Å²) >= 11 is 7.46. The van der Waals surface area contributed by atoms with Gasteiger partial charge in [-0.2, -0.15) is 0 Å². The molecule has 1 amide bonds. The summed E-state index contributed by atoms with van der Waals surface area (Å²) in [6, 6.07) is 7.55. The number of likely N-dealkylation sites (N-methyl/N-ethyl adjacent to an activating group) is 1. The number of hydrogen-bond donors (Lipinski definition) is 2. The van der Waals surface area contributed by atoms with Gasteiger partial charge in [0, 0.05) is 15.7 Å². The van der Waals surface area contributed by atoms with Crippen LogP contribution in [-0.4, -0.2) is 23.7 Å². The quantitative estimate of drug-likeness (QED) is 0.781. The predicted molar refractivity (Wildman–Crippen MR) is 73.5 cm³/mol. The average Bonchev–Trinajstić information content (AvgIpc) is 2.27. The molecule has 1 aromatic carbocycles. The summed E-state index contributed by atoms with van der Waals surface area (Å²) in [6.45, 7) is 4.47. The lowest BCUT2D eigenvalue weighted by Crippen LogP contribution is -2.55. The molecular weight excluding hydrogens is 256 g/mol. The zero-order valence-electron chi connectivity index (χ0n) is 10.00. The van der Waals surface area contributed by atoms with Crippen LogP contribution in [0.1, 0.15) is 13.8 Å². The van der Waals surface area contributed by atoms with Crippen LogP contribution in [0.15, 0.2) is 29.2 Å². The van der Waals surface area contributed by atoms with Crippen LogP contribution in [0.25, 0.3) is 0 Å². The molecule has 0 heterocycles. The number of carbonyl (C=O) groups is 1. The molecule has 0 aliphatic rings. The number of thioether (sulfide) groups is 1. The lowest BCUT2D eigenvalue weighted by Gasteiger charge is -2.26. The monoisotopic (exact) mass is 272 g/mol. The number of halogens is 1. The van der Waals surface area contributed by atoms with Crippen molar-refractivity contribution in [1.29, 1.82) is 0 Å². The highest BCUT2D eigenvalue weighted by Crippen LogP contribution is 2.25. The Morgan fingerprint density at radius 3 is 2.82 bits per heavy atom. The van der Waals surface area contributed by atoms with Crippen molar-refractivity contribution in [3.05, 3.63) is 29.3 Å². The second kappa shape index (κ2) is 6.28. The minimum Gasteiger partial charge on any atom is -0.368 e. The second-order valence-electron chi connectivity index (χ2n) is 3.97. The van der Waals surface area contributed by atoms with E-state index in [-0.39, 0.29) is 5.91 Å². The molecule has 1 rings (SSSR count). The molecular formula is C12H17ClN2OS. The van der Waals surface area contributed by atoms with Crippen LogP contribution < -0.4 is 11.1 Å². The molecule has 5 heteroatoms. The Morgan fingerprint density at radius 2 is 2.29 bits per heavy atom. The zero-order valence-corrected chi connectivity index (χ0v) is 11.6. The van der Waals surface area contributed by atoms with Gasteiger partial charge in [-0.3, -0.25) is 4.79 Å². The third-order valence-corrected chi connectivity index (χ3v) is 3.98. The van der Waals surface area contributed by atoms with Gasteiger partial charge in [0.1, 0.15) is 5.54 Å². The highest BCUT2D eigenvalue weighted by atomic mass is 35.5. The number of nitrogens with two attached hydrogens (primary N) is 1. The van der Waals surface area contributed by atoms with Gasteiger partial charge >= 0.3 is 0 Å². The molecule has 3 nitrogen and oxygen atoms in total. The lowest BCUT2D eigenvalue weighted by atomic mass is 10.1. The van der Waals surface area contributed by atoms with Gasteiger partial charge in [-0.15, -0.1) is 11.8 Å². The summed E-state index contributed by atoms with van der Waals surface area (Å²) in [7, 11) is 0. The molecule has 0 saturated carbocycles. The van der Waals surface area contributed by atoms with Gasteiger partial charge in [0.15, 0.2) is 0 Å². The maximum absolute atomic E-state index is 11.4. The smallest absolute Gasteiger partial charge is 0.238 e. The van der Waals surface area contributed by atoms with Crippen molar-refractivity contribution in [2.45, 2.75) is 24.3 Å². The summed E-state index contributed by atoms with van der Waals surface area (Å²) in [5.41, 5.74) is 4.72. The van der Waals surface area contributed by atoms with Gasteiger partial charge in [0.05, 0.1) is 0 Å². The van der Waals surface area contributed by atoms with Crippen molar-refractivity contribution in [1.82, 2.24) is 5.32 Å². The van der Waals surface area contributed by atoms with Crippen LogP contribution in [0.5, 0.6) is 0 Å². The Hall–Kier alpha value is -0.710. The van der Waals surface area contributed by atoms with Gasteiger partial charge in [-0.25, -0.2) is 0 Å². The predicted octanol–water partition coefficient (Wildman–Crippen LogP) is 2.29. The fourth-order valence-electron chi connectivity index (χ4n) is 1.38. The number of rotatable bonds is 6. The van der Waals surface area contributed by atoms with Crippen molar-refractivity contribution in [2.24, 2.45) is 5.73 Å². The number of hydrogen-bond acceptors (Lipinski definition) is 3. The average molecular weight is 273 g/mol. The third kappa shape index (κ3) is 4.22. The Bertz CT molecular complexity index is 400. The molecule has 0 aromatic heterocycles. The maximum Gasteiger partial charge on any atom is 0.238 e. The minimum absolute atomic E-state index is 0.339. The van der Waals surface area contributed by atoms with Crippen molar-refractivity contribution in [3.63, 3.8) is 0 Å². The Morgan fingerprint density at radius 1 is 1.59 bits per heavy atom. The number of amides is 1. The molecule has 94 valence electrons. The van der Waals surface area contributed by atoms with Crippen LogP contribution in [-0.2, 0) is 4.79 Å². The van der Waals surface area contributed by atoms with E-state index < -0.39 is 5.54 Å². The van der Waals surface area contributed by atoms with Crippen LogP contribution >= 0.6 is 23.4 Å². The maximum atomic E-state index is 11.4. The van der Waals surface area contributed by atoms with Crippen molar-refractivity contribution in [2.75, 3.05) is 12.3 Å². The Balaban J connectivity index is 2.67. The topological polar surface area (TPSA) is 55.1 Å². The fraction of sp³-hybridized carbons (Fsp3) is 0.417. The van der Waals surface area contributed by atoms with E-state index in [1.165, 1.54) is 0 Å². The Kier molecular flexibility index (Phi) is 5.31. The highest BCUT2D eigenvalue weighted by Gasteiger charge is 2.29. The highest BCUT2D eigenvalue weighted by molar-refractivity contribution is 7.99. The summed E-state index contributed by atoms with van der Waals surface area (Å²) in [4.78, 5) is 12.5. The molecule has 1 unspecified atom stereocenters. The van der Waals surface area contributed by atoms with E-state index >= 15 is 0 Å². The van der Waals surface area contributed by atoms with Crippen molar-refractivity contribution < 1.29 is 4.79 Å². The van der Waals surface area contributed by atoms with E-state index in [9.17, 15) is 4.79 Å². The van der Waals surface area contributed by atoms with Crippen LogP contribution in [0.4, 0.5) is 0 Å². The second-order valence-corrected chi connectivity index (χ2v) is 5.46. The number of primary amides is 1. The molecule has 0 aliphatic heterocycles. The van der Waals surface area contributed by atoms with E-state index in [1.807, 2.05) is 38.1 Å². The van der Waals surface area contributed by atoms with E-state index in [4.69, 9.17) is 17.3 Å². The first-order valence-electron chi connectivity index (χ1n) is 5.41. The van der Waals surface area contributed by atoms with Crippen molar-refractivity contribution in [3.8, 4) is 0 Å². The first-order chi connectivity index (χ1) is 7.98. The summed E-state index contributed by atoms with van der Waals surface area (Å²) in [5.74, 6) is 0.241. The summed E-state index contributed by atoms with van der Waals surface area (Å²) in [6.07, 6.45) is 0. The fourth-order valence-corrected chi connectivity index (χ4v) is 2.72. The van der Waals surface area contributed by atoms with Crippen LogP contribution in [0.3, 0.4) is 0 Å². The van der Waals surface area contributed by atoms with Gasteiger partial charge < -0.3 is 11.1 Å². The number of nitrogens with one attached hydrogen (secondary N) is 1. The summed E-state index contributed by atoms with van der Waals surface area (Å²) < 4.78 is 0. The van der Waals surface area contributed by atoms with Crippen LogP contribution in [0, 0.1) is 0 Å². The van der Waals surface area contributed by atoms with Gasteiger partial charge in [-0.05, 0) is 31.7 Å². The molecule has 0 saturated heterocycles. The normalized spacial score (nSPS) is 14.3. The molecule has 3 N–H and O–H groups in total. The van der Waals surface area contributed by atoms with Crippen molar-refractivity contribution >= 4 is 29.3 Å². The first-order valence-corrected chi connectivity index (χ1v) is 6.77. The largest absolute Gasteiger partial charge is 0.368 e. The van der Waals surface area contributed by atoms with E-state index in [0.717, 1.165) is 4.90 Å². The molecule has 17 heavy (non-hydrogen) atoms. The molecule has 1 atom stereocenters. The summed E-state index contributed by atoms with van der Waals surface area (Å²) in [5, 5.41) is 3.81. The standard InChI is InChI=1S/C12H17ClN2OS/c1-3-15-12(2,11(14)16)8-17-10-6-4-5-9(13)7-10/h4-7,15H,3,8H2,1-2H3,(H2,14,16). The van der Waals surface area contributed by atoms with E-state index in [1.54, 1.807) is 11.8 Å². The molecule has 0 aliphatic carbocycles. The Labute approximate surface area is 111 Å². The minimum atomic E-state index is -0.693. The molecule has 0 spiro atoms. The molecule has 1 aromatic rings. The van der Waals surface area contributed by atoms with E-state index in [2.05, 4.69) is 5.32 Å². The zero-order chi connectivity index (χ0) is 12.9. The van der Waals surface area contributed by atoms with Gasteiger partial charge in [0.2, 0.25) is 5.91 Å². The molecule has 0 bridgehead atoms. The number of carbonyl (C=O) groups excluding carboxylic acids is 1. The van der Waals surface area contributed by atoms with Gasteiger partial charge in [-0.1, -0.05) is 24.6 Å². The molecule has 0 fully saturated rings. The van der Waals surface area contributed by atoms with E-state index in [0.29, 0.717) is 17.3 Å². The van der Waals surface area contributed by atoms with Gasteiger partial charge in [0.25, 0.3) is 0 Å². The molecule has 0 radical (unpaired) electrons. The SMILES string of the molecule is CCNC(C)(CSc1cccc(Cl)c1)C(N)=O.